The zero-order valence-electron chi connectivity index (χ0n) is 23.9. The summed E-state index contributed by atoms with van der Waals surface area (Å²) in [6, 6.07) is 5.82. The Morgan fingerprint density at radius 2 is 1.88 bits per heavy atom. The van der Waals surface area contributed by atoms with Crippen molar-refractivity contribution in [2.24, 2.45) is 5.92 Å². The lowest BCUT2D eigenvalue weighted by atomic mass is 9.87. The number of alkyl halides is 3. The molecule has 0 saturated carbocycles. The Balaban J connectivity index is 2.05. The zero-order chi connectivity index (χ0) is 31.9. The number of aliphatic hydroxyl groups is 2. The van der Waals surface area contributed by atoms with Crippen molar-refractivity contribution >= 4 is 40.7 Å². The Morgan fingerprint density at radius 3 is 2.44 bits per heavy atom. The zero-order valence-corrected chi connectivity index (χ0v) is 26.0. The lowest BCUT2D eigenvalue weighted by Gasteiger charge is -2.41. The summed E-state index contributed by atoms with van der Waals surface area (Å²) in [6.45, 7) is 3.68. The highest BCUT2D eigenvalue weighted by molar-refractivity contribution is 14.1. The first-order valence-corrected chi connectivity index (χ1v) is 14.6. The van der Waals surface area contributed by atoms with Gasteiger partial charge in [-0.25, -0.2) is 0 Å². The van der Waals surface area contributed by atoms with Crippen molar-refractivity contribution in [1.29, 1.82) is 0 Å². The number of amides is 2. The first-order chi connectivity index (χ1) is 20.3. The molecule has 0 aliphatic heterocycles. The molecule has 43 heavy (non-hydrogen) atoms. The highest BCUT2D eigenvalue weighted by atomic mass is 127. The van der Waals surface area contributed by atoms with Crippen molar-refractivity contribution in [3.63, 3.8) is 0 Å². The van der Waals surface area contributed by atoms with Crippen LogP contribution in [0.4, 0.5) is 13.2 Å². The van der Waals surface area contributed by atoms with Gasteiger partial charge in [-0.05, 0) is 77.4 Å². The highest BCUT2D eigenvalue weighted by Gasteiger charge is 2.41. The van der Waals surface area contributed by atoms with Gasteiger partial charge in [-0.3, -0.25) is 14.4 Å². The lowest BCUT2D eigenvalue weighted by Crippen LogP contribution is -2.55. The SMILES string of the molecule is COc1cc(C=O)cc(I)c1OC1C=C(C(=O)NCCO)CC(N(CCC(C)C)C(=O)c2ccc(C(F)(F)F)cc2)C1O. The fourth-order valence-corrected chi connectivity index (χ4v) is 5.37. The van der Waals surface area contributed by atoms with Crippen LogP contribution in [0.25, 0.3) is 0 Å². The van der Waals surface area contributed by atoms with Gasteiger partial charge >= 0.3 is 6.18 Å². The normalized spacial score (nSPS) is 18.6. The standard InChI is InChI=1S/C30H34F3IN2O7/c1-17(2)8-10-36(29(41)19-4-6-21(7-5-19)30(31,32)33)23-14-20(28(40)35-9-11-37)15-24(26(23)39)43-27-22(34)12-18(16-38)13-25(27)42-3/h4-7,12-13,15-17,23-24,26,37,39H,8-11,14H2,1-3H3,(H,35,40). The number of ether oxygens (including phenoxy) is 2. The maximum Gasteiger partial charge on any atom is 0.416 e. The molecule has 3 atom stereocenters. The number of hydrogen-bond donors (Lipinski definition) is 3. The molecular weight excluding hydrogens is 684 g/mol. The van der Waals surface area contributed by atoms with Crippen molar-refractivity contribution in [1.82, 2.24) is 10.2 Å². The largest absolute Gasteiger partial charge is 0.493 e. The monoisotopic (exact) mass is 718 g/mol. The number of carbonyl (C=O) groups is 3. The van der Waals surface area contributed by atoms with Gasteiger partial charge in [0, 0.05) is 36.2 Å². The number of aliphatic hydroxyl groups excluding tert-OH is 2. The smallest absolute Gasteiger partial charge is 0.416 e. The first kappa shape index (κ1) is 34.3. The number of rotatable bonds is 12. The third-order valence-corrected chi connectivity index (χ3v) is 7.73. The van der Waals surface area contributed by atoms with Crippen LogP contribution in [0, 0.1) is 9.49 Å². The van der Waals surface area contributed by atoms with E-state index in [0.29, 0.717) is 21.8 Å². The molecule has 1 aliphatic rings. The third kappa shape index (κ3) is 8.70. The van der Waals surface area contributed by atoms with Crippen LogP contribution in [0.15, 0.2) is 48.0 Å². The van der Waals surface area contributed by atoms with E-state index in [-0.39, 0.29) is 54.7 Å². The lowest BCUT2D eigenvalue weighted by molar-refractivity contribution is -0.137. The number of hydrogen-bond acceptors (Lipinski definition) is 7. The Bertz CT molecular complexity index is 1330. The van der Waals surface area contributed by atoms with Crippen LogP contribution < -0.4 is 14.8 Å². The van der Waals surface area contributed by atoms with Gasteiger partial charge in [0.1, 0.15) is 18.5 Å². The molecule has 0 spiro atoms. The minimum absolute atomic E-state index is 0.0112. The Kier molecular flexibility index (Phi) is 12.0. The van der Waals surface area contributed by atoms with Crippen LogP contribution in [-0.2, 0) is 11.0 Å². The summed E-state index contributed by atoms with van der Waals surface area (Å²) in [5.41, 5.74) is -0.402. The number of halogens is 4. The maximum atomic E-state index is 13.8. The molecule has 1 aliphatic carbocycles. The van der Waals surface area contributed by atoms with Gasteiger partial charge in [0.15, 0.2) is 11.5 Å². The van der Waals surface area contributed by atoms with E-state index in [1.54, 1.807) is 6.07 Å². The second-order valence-corrected chi connectivity index (χ2v) is 11.6. The van der Waals surface area contributed by atoms with Crippen LogP contribution in [0.3, 0.4) is 0 Å². The molecule has 0 saturated heterocycles. The second kappa shape index (κ2) is 15.0. The average molecular weight is 719 g/mol. The molecular formula is C30H34F3IN2O7. The summed E-state index contributed by atoms with van der Waals surface area (Å²) in [5, 5.41) is 23.4. The van der Waals surface area contributed by atoms with Crippen molar-refractivity contribution < 1.29 is 47.2 Å². The molecule has 2 aromatic rings. The quantitative estimate of drug-likeness (QED) is 0.222. The summed E-state index contributed by atoms with van der Waals surface area (Å²) in [4.78, 5) is 39.5. The van der Waals surface area contributed by atoms with E-state index < -0.39 is 41.8 Å². The van der Waals surface area contributed by atoms with E-state index in [2.05, 4.69) is 5.32 Å². The molecule has 3 unspecified atom stereocenters. The predicted octanol–water partition coefficient (Wildman–Crippen LogP) is 4.24. The fraction of sp³-hybridized carbons (Fsp3) is 0.433. The van der Waals surface area contributed by atoms with Crippen molar-refractivity contribution in [3.8, 4) is 11.5 Å². The molecule has 9 nitrogen and oxygen atoms in total. The first-order valence-electron chi connectivity index (χ1n) is 13.6. The van der Waals surface area contributed by atoms with Gasteiger partial charge in [0.25, 0.3) is 5.91 Å². The van der Waals surface area contributed by atoms with Crippen LogP contribution >= 0.6 is 22.6 Å². The van der Waals surface area contributed by atoms with E-state index >= 15 is 0 Å². The van der Waals surface area contributed by atoms with Gasteiger partial charge in [-0.15, -0.1) is 0 Å². The van der Waals surface area contributed by atoms with E-state index in [4.69, 9.17) is 9.47 Å². The summed E-state index contributed by atoms with van der Waals surface area (Å²) in [5.74, 6) is -0.603. The number of nitrogens with zero attached hydrogens (tertiary/aromatic N) is 1. The van der Waals surface area contributed by atoms with Crippen LogP contribution in [0.2, 0.25) is 0 Å². The molecule has 0 radical (unpaired) electrons. The van der Waals surface area contributed by atoms with Gasteiger partial charge in [0.05, 0.1) is 28.9 Å². The molecule has 0 bridgehead atoms. The van der Waals surface area contributed by atoms with Crippen molar-refractivity contribution in [2.75, 3.05) is 26.8 Å². The van der Waals surface area contributed by atoms with Crippen LogP contribution in [-0.4, -0.2) is 78.3 Å². The van der Waals surface area contributed by atoms with E-state index in [0.717, 1.165) is 24.3 Å². The molecule has 0 fully saturated rings. The minimum Gasteiger partial charge on any atom is -0.493 e. The Hall–Kier alpha value is -3.17. The molecule has 3 rings (SSSR count). The topological polar surface area (TPSA) is 125 Å². The minimum atomic E-state index is -4.58. The summed E-state index contributed by atoms with van der Waals surface area (Å²) >= 11 is 1.95. The number of nitrogens with one attached hydrogen (secondary N) is 1. The molecule has 3 N–H and O–H groups in total. The van der Waals surface area contributed by atoms with Gasteiger partial charge in [0.2, 0.25) is 5.91 Å². The van der Waals surface area contributed by atoms with Gasteiger partial charge < -0.3 is 29.9 Å². The van der Waals surface area contributed by atoms with Crippen LogP contribution in [0.1, 0.15) is 53.0 Å². The van der Waals surface area contributed by atoms with Crippen molar-refractivity contribution in [2.45, 2.75) is 51.1 Å². The third-order valence-electron chi connectivity index (χ3n) is 6.92. The molecule has 2 amide bonds. The highest BCUT2D eigenvalue weighted by Crippen LogP contribution is 2.37. The second-order valence-electron chi connectivity index (χ2n) is 10.4. The Labute approximate surface area is 261 Å². The van der Waals surface area contributed by atoms with Gasteiger partial charge in [-0.2, -0.15) is 13.2 Å². The van der Waals surface area contributed by atoms with Crippen molar-refractivity contribution in [3.05, 3.63) is 68.3 Å². The predicted molar refractivity (Wildman–Crippen MR) is 160 cm³/mol. The number of methoxy groups -OCH3 is 1. The van der Waals surface area contributed by atoms with E-state index in [1.807, 2.05) is 36.4 Å². The number of carbonyl (C=O) groups excluding carboxylic acids is 3. The summed E-state index contributed by atoms with van der Waals surface area (Å²) < 4.78 is 51.5. The summed E-state index contributed by atoms with van der Waals surface area (Å²) in [6.07, 6.45) is -4.61. The van der Waals surface area contributed by atoms with Crippen LogP contribution in [0.5, 0.6) is 11.5 Å². The molecule has 0 heterocycles. The molecule has 13 heteroatoms. The Morgan fingerprint density at radius 1 is 1.21 bits per heavy atom. The number of benzene rings is 2. The van der Waals surface area contributed by atoms with E-state index in [9.17, 15) is 37.8 Å². The van der Waals surface area contributed by atoms with E-state index in [1.165, 1.54) is 24.2 Å². The fourth-order valence-electron chi connectivity index (χ4n) is 4.62. The number of aldehydes is 1. The molecule has 2 aromatic carbocycles. The average Bonchev–Trinajstić information content (AvgIpc) is 2.97. The van der Waals surface area contributed by atoms with Gasteiger partial charge in [-0.1, -0.05) is 13.8 Å². The maximum absolute atomic E-state index is 13.8. The molecule has 234 valence electrons. The molecule has 0 aromatic heterocycles. The summed E-state index contributed by atoms with van der Waals surface area (Å²) in [7, 11) is 1.38.